The van der Waals surface area contributed by atoms with Gasteiger partial charge < -0.3 is 9.84 Å². The maximum atomic E-state index is 9.67. The molecule has 1 heterocycles. The molecule has 1 rings (SSSR count). The fraction of sp³-hybridized carbons (Fsp3) is 0.800. The van der Waals surface area contributed by atoms with E-state index < -0.39 is 6.10 Å². The predicted molar refractivity (Wildman–Crippen MR) is 56.4 cm³/mol. The molecule has 1 N–H and O–H groups in total. The van der Waals surface area contributed by atoms with Gasteiger partial charge in [0.2, 0.25) is 0 Å². The second kappa shape index (κ2) is 4.72. The van der Waals surface area contributed by atoms with Crippen LogP contribution in [0.2, 0.25) is 0 Å². The third kappa shape index (κ3) is 4.90. The number of aromatic nitrogens is 3. The number of rotatable bonds is 4. The highest BCUT2D eigenvalue weighted by Crippen LogP contribution is 2.08. The molecule has 0 aliphatic rings. The first-order chi connectivity index (χ1) is 6.87. The maximum Gasteiger partial charge on any atom is 0.0853 e. The molecule has 0 saturated carbocycles. The summed E-state index contributed by atoms with van der Waals surface area (Å²) in [4.78, 5) is 0. The Labute approximate surface area is 90.1 Å². The van der Waals surface area contributed by atoms with Crippen molar-refractivity contribution in [3.63, 3.8) is 0 Å². The lowest BCUT2D eigenvalue weighted by Crippen LogP contribution is -2.27. The summed E-state index contributed by atoms with van der Waals surface area (Å²) in [5, 5.41) is 17.4. The molecule has 0 radical (unpaired) electrons. The van der Waals surface area contributed by atoms with E-state index in [-0.39, 0.29) is 5.60 Å². The molecule has 0 saturated heterocycles. The van der Waals surface area contributed by atoms with Crippen molar-refractivity contribution in [2.75, 3.05) is 6.61 Å². The topological polar surface area (TPSA) is 60.2 Å². The fourth-order valence-corrected chi connectivity index (χ4v) is 1.14. The van der Waals surface area contributed by atoms with Crippen molar-refractivity contribution >= 4 is 0 Å². The van der Waals surface area contributed by atoms with Crippen molar-refractivity contribution in [2.24, 2.45) is 7.05 Å². The molecule has 5 heteroatoms. The molecule has 1 aromatic rings. The fourth-order valence-electron chi connectivity index (χ4n) is 1.14. The molecular weight excluding hydrogens is 194 g/mol. The van der Waals surface area contributed by atoms with E-state index in [0.29, 0.717) is 13.0 Å². The summed E-state index contributed by atoms with van der Waals surface area (Å²) in [5.41, 5.74) is 0.561. The summed E-state index contributed by atoms with van der Waals surface area (Å²) >= 11 is 0. The molecule has 0 bridgehead atoms. The number of hydrogen-bond acceptors (Lipinski definition) is 4. The van der Waals surface area contributed by atoms with Crippen LogP contribution < -0.4 is 0 Å². The molecule has 0 amide bonds. The number of nitrogens with zero attached hydrogens (tertiary/aromatic N) is 3. The molecule has 86 valence electrons. The minimum atomic E-state index is -0.527. The summed E-state index contributed by atoms with van der Waals surface area (Å²) in [5.74, 6) is 0. The quantitative estimate of drug-likeness (QED) is 0.792. The van der Waals surface area contributed by atoms with Gasteiger partial charge in [-0.3, -0.25) is 4.68 Å². The Balaban J connectivity index is 2.33. The Bertz CT molecular complexity index is 304. The molecule has 1 aromatic heterocycles. The largest absolute Gasteiger partial charge is 0.390 e. The van der Waals surface area contributed by atoms with Crippen LogP contribution in [0.5, 0.6) is 0 Å². The van der Waals surface area contributed by atoms with Crippen molar-refractivity contribution in [1.29, 1.82) is 0 Å². The second-order valence-corrected chi connectivity index (χ2v) is 4.66. The van der Waals surface area contributed by atoms with Crippen LogP contribution >= 0.6 is 0 Å². The van der Waals surface area contributed by atoms with Gasteiger partial charge in [-0.25, -0.2) is 0 Å². The zero-order valence-electron chi connectivity index (χ0n) is 9.77. The first kappa shape index (κ1) is 12.1. The summed E-state index contributed by atoms with van der Waals surface area (Å²) < 4.78 is 7.08. The van der Waals surface area contributed by atoms with Crippen LogP contribution in [-0.2, 0) is 18.2 Å². The Morgan fingerprint density at radius 3 is 2.67 bits per heavy atom. The first-order valence-electron chi connectivity index (χ1n) is 5.04. The van der Waals surface area contributed by atoms with Crippen LogP contribution in [0, 0.1) is 0 Å². The van der Waals surface area contributed by atoms with Gasteiger partial charge in [0.1, 0.15) is 0 Å². The summed E-state index contributed by atoms with van der Waals surface area (Å²) in [6, 6.07) is 0. The van der Waals surface area contributed by atoms with E-state index >= 15 is 0 Å². The summed E-state index contributed by atoms with van der Waals surface area (Å²) in [6.45, 7) is 6.20. The van der Waals surface area contributed by atoms with Crippen molar-refractivity contribution in [3.8, 4) is 0 Å². The monoisotopic (exact) mass is 213 g/mol. The van der Waals surface area contributed by atoms with Gasteiger partial charge in [0.25, 0.3) is 0 Å². The highest BCUT2D eigenvalue weighted by atomic mass is 16.5. The SMILES string of the molecule is Cn1cc(CC(O)COC(C)(C)C)nn1. The molecular formula is C10H19N3O2. The van der Waals surface area contributed by atoms with Crippen LogP contribution in [-0.4, -0.2) is 38.4 Å². The Morgan fingerprint density at radius 2 is 2.20 bits per heavy atom. The van der Waals surface area contributed by atoms with Gasteiger partial charge in [-0.15, -0.1) is 5.10 Å². The van der Waals surface area contributed by atoms with Gasteiger partial charge in [0.05, 0.1) is 24.0 Å². The lowest BCUT2D eigenvalue weighted by molar-refractivity contribution is -0.0484. The molecule has 0 aliphatic heterocycles. The van der Waals surface area contributed by atoms with Gasteiger partial charge in [-0.2, -0.15) is 0 Å². The highest BCUT2D eigenvalue weighted by molar-refractivity contribution is 4.94. The number of hydrogen-bond donors (Lipinski definition) is 1. The molecule has 1 unspecified atom stereocenters. The van der Waals surface area contributed by atoms with Crippen molar-refractivity contribution in [2.45, 2.75) is 38.9 Å². The normalized spacial score (nSPS) is 14.2. The van der Waals surface area contributed by atoms with E-state index in [1.807, 2.05) is 20.8 Å². The number of aryl methyl sites for hydroxylation is 1. The lowest BCUT2D eigenvalue weighted by atomic mass is 10.2. The molecule has 1 atom stereocenters. The minimum absolute atomic E-state index is 0.219. The van der Waals surface area contributed by atoms with Crippen LogP contribution in [0.3, 0.4) is 0 Å². The maximum absolute atomic E-state index is 9.67. The van der Waals surface area contributed by atoms with E-state index in [4.69, 9.17) is 4.74 Å². The molecule has 0 aliphatic carbocycles. The number of ether oxygens (including phenoxy) is 1. The van der Waals surface area contributed by atoms with E-state index in [2.05, 4.69) is 10.3 Å². The zero-order valence-corrected chi connectivity index (χ0v) is 9.77. The summed E-state index contributed by atoms with van der Waals surface area (Å²) in [6.07, 6.45) is 1.74. The smallest absolute Gasteiger partial charge is 0.0853 e. The number of aliphatic hydroxyl groups excluding tert-OH is 1. The van der Waals surface area contributed by atoms with Gasteiger partial charge in [-0.1, -0.05) is 5.21 Å². The average molecular weight is 213 g/mol. The van der Waals surface area contributed by atoms with E-state index in [1.165, 1.54) is 0 Å². The predicted octanol–water partition coefficient (Wildman–Crippen LogP) is 0.534. The highest BCUT2D eigenvalue weighted by Gasteiger charge is 2.14. The number of aliphatic hydroxyl groups is 1. The van der Waals surface area contributed by atoms with Crippen LogP contribution in [0.15, 0.2) is 6.20 Å². The van der Waals surface area contributed by atoms with Crippen molar-refractivity contribution < 1.29 is 9.84 Å². The van der Waals surface area contributed by atoms with Gasteiger partial charge in [0.15, 0.2) is 0 Å². The van der Waals surface area contributed by atoms with Gasteiger partial charge in [0, 0.05) is 19.7 Å². The molecule has 5 nitrogen and oxygen atoms in total. The third-order valence-corrected chi connectivity index (χ3v) is 1.80. The van der Waals surface area contributed by atoms with E-state index in [0.717, 1.165) is 5.69 Å². The summed E-state index contributed by atoms with van der Waals surface area (Å²) in [7, 11) is 1.80. The second-order valence-electron chi connectivity index (χ2n) is 4.66. The van der Waals surface area contributed by atoms with Crippen LogP contribution in [0.25, 0.3) is 0 Å². The molecule has 0 spiro atoms. The van der Waals surface area contributed by atoms with Crippen LogP contribution in [0.4, 0.5) is 0 Å². The van der Waals surface area contributed by atoms with Crippen molar-refractivity contribution in [1.82, 2.24) is 15.0 Å². The average Bonchev–Trinajstić information content (AvgIpc) is 2.47. The van der Waals surface area contributed by atoms with Crippen LogP contribution in [0.1, 0.15) is 26.5 Å². The van der Waals surface area contributed by atoms with Gasteiger partial charge >= 0.3 is 0 Å². The molecule has 15 heavy (non-hydrogen) atoms. The Kier molecular flexibility index (Phi) is 3.82. The minimum Gasteiger partial charge on any atom is -0.390 e. The van der Waals surface area contributed by atoms with Gasteiger partial charge in [-0.05, 0) is 20.8 Å². The molecule has 0 aromatic carbocycles. The molecule has 0 fully saturated rings. The van der Waals surface area contributed by atoms with E-state index in [1.54, 1.807) is 17.9 Å². The Morgan fingerprint density at radius 1 is 1.53 bits per heavy atom. The van der Waals surface area contributed by atoms with Crippen molar-refractivity contribution in [3.05, 3.63) is 11.9 Å². The zero-order chi connectivity index (χ0) is 11.5. The lowest BCUT2D eigenvalue weighted by Gasteiger charge is -2.21. The first-order valence-corrected chi connectivity index (χ1v) is 5.04. The Hall–Kier alpha value is -0.940. The standard InChI is InChI=1S/C10H19N3O2/c1-10(2,3)15-7-9(14)5-8-6-13(4)12-11-8/h6,9,14H,5,7H2,1-4H3. The van der Waals surface area contributed by atoms with E-state index in [9.17, 15) is 5.11 Å². The third-order valence-electron chi connectivity index (χ3n) is 1.80.